The maximum absolute atomic E-state index is 12.3. The molecule has 3 heterocycles. The fraction of sp³-hybridized carbons (Fsp3) is 0.471. The molecular weight excluding hydrogens is 310 g/mol. The van der Waals surface area contributed by atoms with Gasteiger partial charge in [-0.1, -0.05) is 0 Å². The van der Waals surface area contributed by atoms with Gasteiger partial charge in [-0.2, -0.15) is 0 Å². The minimum absolute atomic E-state index is 0.184. The number of carboxylic acid groups (broad SMARTS) is 1. The predicted octanol–water partition coefficient (Wildman–Crippen LogP) is 2.48. The summed E-state index contributed by atoms with van der Waals surface area (Å²) >= 11 is 0. The predicted molar refractivity (Wildman–Crippen MR) is 85.8 cm³/mol. The van der Waals surface area contributed by atoms with Crippen molar-refractivity contribution in [1.82, 2.24) is 15.2 Å². The normalized spacial score (nSPS) is 25.8. The van der Waals surface area contributed by atoms with Crippen molar-refractivity contribution in [1.29, 1.82) is 0 Å². The standard InChI is InChI=1S/C17H19N3O4/c21-15(13-7-11-3-5-18-10-14(11)24-13)19-9-12-8-17(12)4-1-2-6-20(17)16(22)23/h3,5,7,10,12H,1-2,4,6,8-9H2,(H,19,21)(H,22,23). The van der Waals surface area contributed by atoms with Gasteiger partial charge in [-0.3, -0.25) is 9.78 Å². The van der Waals surface area contributed by atoms with Crippen LogP contribution in [0.3, 0.4) is 0 Å². The molecule has 0 aromatic carbocycles. The number of likely N-dealkylation sites (tertiary alicyclic amines) is 1. The molecule has 7 heteroatoms. The SMILES string of the molecule is O=C(NCC1CC12CCCCN2C(=O)O)c1cc2ccncc2o1. The third-order valence-corrected chi connectivity index (χ3v) is 5.27. The summed E-state index contributed by atoms with van der Waals surface area (Å²) < 4.78 is 5.50. The van der Waals surface area contributed by atoms with E-state index < -0.39 is 6.09 Å². The molecule has 2 aromatic rings. The van der Waals surface area contributed by atoms with Crippen LogP contribution in [0, 0.1) is 5.92 Å². The Hall–Kier alpha value is -2.57. The highest BCUT2D eigenvalue weighted by molar-refractivity contribution is 5.95. The number of carbonyl (C=O) groups is 2. The van der Waals surface area contributed by atoms with Gasteiger partial charge in [0.15, 0.2) is 11.3 Å². The topological polar surface area (TPSA) is 95.7 Å². The molecule has 126 valence electrons. The Bertz CT molecular complexity index is 769. The molecule has 24 heavy (non-hydrogen) atoms. The summed E-state index contributed by atoms with van der Waals surface area (Å²) in [5.74, 6) is 0.168. The van der Waals surface area contributed by atoms with E-state index in [1.165, 1.54) is 0 Å². The van der Waals surface area contributed by atoms with Gasteiger partial charge in [0.2, 0.25) is 0 Å². The first-order valence-corrected chi connectivity index (χ1v) is 8.22. The Kier molecular flexibility index (Phi) is 3.44. The third kappa shape index (κ3) is 2.40. The van der Waals surface area contributed by atoms with E-state index in [2.05, 4.69) is 10.3 Å². The van der Waals surface area contributed by atoms with Gasteiger partial charge in [-0.05, 0) is 37.8 Å². The Morgan fingerprint density at radius 3 is 3.12 bits per heavy atom. The van der Waals surface area contributed by atoms with Crippen LogP contribution in [0.4, 0.5) is 4.79 Å². The van der Waals surface area contributed by atoms with Gasteiger partial charge >= 0.3 is 6.09 Å². The number of fused-ring (bicyclic) bond motifs is 1. The number of carbonyl (C=O) groups excluding carboxylic acids is 1. The summed E-state index contributed by atoms with van der Waals surface area (Å²) in [6, 6.07) is 3.48. The first-order chi connectivity index (χ1) is 11.6. The molecule has 1 saturated carbocycles. The van der Waals surface area contributed by atoms with E-state index in [9.17, 15) is 14.7 Å². The lowest BCUT2D eigenvalue weighted by atomic mass is 9.98. The Labute approximate surface area is 138 Å². The second-order valence-corrected chi connectivity index (χ2v) is 6.63. The highest BCUT2D eigenvalue weighted by Gasteiger charge is 2.60. The van der Waals surface area contributed by atoms with Crippen LogP contribution in [0.15, 0.2) is 28.9 Å². The first kappa shape index (κ1) is 15.0. The maximum atomic E-state index is 12.3. The molecule has 1 spiro atoms. The zero-order valence-corrected chi connectivity index (χ0v) is 13.2. The van der Waals surface area contributed by atoms with E-state index >= 15 is 0 Å². The average Bonchev–Trinajstić information content (AvgIpc) is 3.07. The molecule has 2 atom stereocenters. The largest absolute Gasteiger partial charge is 0.465 e. The van der Waals surface area contributed by atoms with Gasteiger partial charge in [0.05, 0.1) is 11.7 Å². The number of hydrogen-bond donors (Lipinski definition) is 2. The van der Waals surface area contributed by atoms with Gasteiger partial charge in [-0.25, -0.2) is 4.79 Å². The second-order valence-electron chi connectivity index (χ2n) is 6.63. The van der Waals surface area contributed by atoms with E-state index in [-0.39, 0.29) is 23.1 Å². The number of amides is 2. The van der Waals surface area contributed by atoms with Crippen molar-refractivity contribution in [3.8, 4) is 0 Å². The first-order valence-electron chi connectivity index (χ1n) is 8.22. The van der Waals surface area contributed by atoms with Crippen LogP contribution in [0.5, 0.6) is 0 Å². The summed E-state index contributed by atoms with van der Waals surface area (Å²) in [6.45, 7) is 1.06. The summed E-state index contributed by atoms with van der Waals surface area (Å²) in [6.07, 6.45) is 6.05. The molecule has 1 aliphatic carbocycles. The fourth-order valence-electron chi connectivity index (χ4n) is 3.91. The van der Waals surface area contributed by atoms with Crippen LogP contribution >= 0.6 is 0 Å². The Morgan fingerprint density at radius 1 is 1.46 bits per heavy atom. The van der Waals surface area contributed by atoms with E-state index in [1.54, 1.807) is 29.4 Å². The van der Waals surface area contributed by atoms with Crippen LogP contribution in [0.2, 0.25) is 0 Å². The summed E-state index contributed by atoms with van der Waals surface area (Å²) in [7, 11) is 0. The molecule has 0 radical (unpaired) electrons. The molecule has 2 unspecified atom stereocenters. The third-order valence-electron chi connectivity index (χ3n) is 5.27. The number of nitrogens with zero attached hydrogens (tertiary/aromatic N) is 2. The molecule has 2 fully saturated rings. The number of aromatic nitrogens is 1. The number of nitrogens with one attached hydrogen (secondary N) is 1. The highest BCUT2D eigenvalue weighted by atomic mass is 16.4. The molecule has 2 amide bonds. The number of hydrogen-bond acceptors (Lipinski definition) is 4. The van der Waals surface area contributed by atoms with Crippen LogP contribution < -0.4 is 5.32 Å². The number of pyridine rings is 1. The van der Waals surface area contributed by atoms with Crippen LogP contribution in [0.1, 0.15) is 36.2 Å². The summed E-state index contributed by atoms with van der Waals surface area (Å²) in [4.78, 5) is 29.2. The average molecular weight is 329 g/mol. The van der Waals surface area contributed by atoms with Crippen molar-refractivity contribution in [3.63, 3.8) is 0 Å². The fourth-order valence-corrected chi connectivity index (χ4v) is 3.91. The number of piperidine rings is 1. The van der Waals surface area contributed by atoms with Crippen LogP contribution in [0.25, 0.3) is 11.0 Å². The Morgan fingerprint density at radius 2 is 2.33 bits per heavy atom. The van der Waals surface area contributed by atoms with Gasteiger partial charge < -0.3 is 19.7 Å². The molecule has 2 aliphatic rings. The van der Waals surface area contributed by atoms with Crippen LogP contribution in [-0.4, -0.2) is 45.6 Å². The highest BCUT2D eigenvalue weighted by Crippen LogP contribution is 2.53. The van der Waals surface area contributed by atoms with Gasteiger partial charge in [-0.15, -0.1) is 0 Å². The van der Waals surface area contributed by atoms with Crippen LogP contribution in [-0.2, 0) is 0 Å². The molecule has 1 saturated heterocycles. The van der Waals surface area contributed by atoms with Gasteiger partial charge in [0, 0.05) is 30.6 Å². The number of rotatable bonds is 3. The van der Waals surface area contributed by atoms with Crippen molar-refractivity contribution in [2.24, 2.45) is 5.92 Å². The zero-order valence-electron chi connectivity index (χ0n) is 13.2. The Balaban J connectivity index is 1.40. The quantitative estimate of drug-likeness (QED) is 0.902. The molecule has 0 bridgehead atoms. The van der Waals surface area contributed by atoms with E-state index in [0.29, 0.717) is 18.7 Å². The maximum Gasteiger partial charge on any atom is 0.407 e. The lowest BCUT2D eigenvalue weighted by Crippen LogP contribution is -2.47. The van der Waals surface area contributed by atoms with E-state index in [1.807, 2.05) is 0 Å². The minimum atomic E-state index is -0.853. The molecule has 7 nitrogen and oxygen atoms in total. The summed E-state index contributed by atoms with van der Waals surface area (Å²) in [5.41, 5.74) is 0.310. The van der Waals surface area contributed by atoms with Crippen molar-refractivity contribution in [2.75, 3.05) is 13.1 Å². The van der Waals surface area contributed by atoms with Crippen molar-refractivity contribution < 1.29 is 19.1 Å². The lowest BCUT2D eigenvalue weighted by Gasteiger charge is -2.35. The van der Waals surface area contributed by atoms with E-state index in [0.717, 1.165) is 31.1 Å². The smallest absolute Gasteiger partial charge is 0.407 e. The number of furan rings is 1. The monoisotopic (exact) mass is 329 g/mol. The lowest BCUT2D eigenvalue weighted by molar-refractivity contribution is 0.0872. The molecule has 2 aromatic heterocycles. The second kappa shape index (κ2) is 5.51. The molecule has 1 aliphatic heterocycles. The summed E-state index contributed by atoms with van der Waals surface area (Å²) in [5, 5.41) is 13.1. The van der Waals surface area contributed by atoms with E-state index in [4.69, 9.17) is 4.42 Å². The minimum Gasteiger partial charge on any atom is -0.465 e. The van der Waals surface area contributed by atoms with Crippen molar-refractivity contribution in [2.45, 2.75) is 31.2 Å². The van der Waals surface area contributed by atoms with Gasteiger partial charge in [0.1, 0.15) is 0 Å². The van der Waals surface area contributed by atoms with Gasteiger partial charge in [0.25, 0.3) is 5.91 Å². The van der Waals surface area contributed by atoms with Crippen molar-refractivity contribution in [3.05, 3.63) is 30.3 Å². The van der Waals surface area contributed by atoms with Crippen molar-refractivity contribution >= 4 is 23.0 Å². The zero-order chi connectivity index (χ0) is 16.7. The molecule has 4 rings (SSSR count). The molecular formula is C17H19N3O4. The molecule has 2 N–H and O–H groups in total.